The molecule has 3 rings (SSSR count). The monoisotopic (exact) mass is 331 g/mol. The third-order valence-corrected chi connectivity index (χ3v) is 4.11. The minimum atomic E-state index is 0. The molecule has 3 aromatic rings. The summed E-state index contributed by atoms with van der Waals surface area (Å²) in [5.74, 6) is 1.64. The zero-order chi connectivity index (χ0) is 14.5. The largest absolute Gasteiger partial charge is 1.00 e. The smallest absolute Gasteiger partial charge is 0.154 e. The molecule has 0 fully saturated rings. The van der Waals surface area contributed by atoms with Gasteiger partial charge in [0.25, 0.3) is 0 Å². The van der Waals surface area contributed by atoms with Crippen LogP contribution in [-0.4, -0.2) is 5.17 Å². The number of halogens is 1. The molecule has 2 aromatic carbocycles. The van der Waals surface area contributed by atoms with Gasteiger partial charge in [-0.15, -0.1) is 0 Å². The number of nitrogens with zero attached hydrogens (tertiary/aromatic N) is 1. The first kappa shape index (κ1) is 16.5. The second kappa shape index (κ2) is 7.92. The Morgan fingerprint density at radius 3 is 2.68 bits per heavy atom. The average molecular weight is 332 g/mol. The summed E-state index contributed by atoms with van der Waals surface area (Å²) < 4.78 is 5.23. The van der Waals surface area contributed by atoms with E-state index in [1.165, 1.54) is 16.3 Å². The summed E-state index contributed by atoms with van der Waals surface area (Å²) in [7, 11) is 0. The van der Waals surface area contributed by atoms with Crippen LogP contribution in [-0.2, 0) is 12.3 Å². The van der Waals surface area contributed by atoms with Crippen LogP contribution in [0, 0.1) is 0 Å². The normalized spacial score (nSPS) is 11.4. The Kier molecular flexibility index (Phi) is 5.92. The molecule has 0 saturated heterocycles. The Labute approximate surface area is 140 Å². The van der Waals surface area contributed by atoms with Crippen molar-refractivity contribution in [3.05, 3.63) is 72.2 Å². The van der Waals surface area contributed by atoms with Gasteiger partial charge in [-0.3, -0.25) is 4.99 Å². The van der Waals surface area contributed by atoms with E-state index in [1.807, 2.05) is 12.1 Å². The van der Waals surface area contributed by atoms with Gasteiger partial charge in [0.05, 0.1) is 12.8 Å². The second-order valence-electron chi connectivity index (χ2n) is 4.66. The molecule has 2 N–H and O–H groups in total. The number of fused-ring (bicyclic) bond motifs is 1. The van der Waals surface area contributed by atoms with E-state index in [9.17, 15) is 0 Å². The summed E-state index contributed by atoms with van der Waals surface area (Å²) in [6.07, 6.45) is 1.64. The van der Waals surface area contributed by atoms with E-state index in [0.717, 1.165) is 11.5 Å². The maximum absolute atomic E-state index is 5.95. The highest BCUT2D eigenvalue weighted by Crippen LogP contribution is 2.22. The van der Waals surface area contributed by atoms with Crippen LogP contribution in [0.2, 0.25) is 0 Å². The number of hydrogen-bond acceptors (Lipinski definition) is 3. The minimum absolute atomic E-state index is 0. The van der Waals surface area contributed by atoms with E-state index in [4.69, 9.17) is 10.2 Å². The van der Waals surface area contributed by atoms with Crippen molar-refractivity contribution in [2.75, 3.05) is 0 Å². The summed E-state index contributed by atoms with van der Waals surface area (Å²) >= 11 is 1.55. The number of nitrogens with two attached hydrogens (primary N) is 1. The lowest BCUT2D eigenvalue weighted by Crippen LogP contribution is -3.00. The molecular formula is C17H16ClN2OS-. The van der Waals surface area contributed by atoms with E-state index in [2.05, 4.69) is 47.5 Å². The predicted octanol–water partition coefficient (Wildman–Crippen LogP) is 1.18. The Bertz CT molecular complexity index is 751. The third kappa shape index (κ3) is 4.06. The van der Waals surface area contributed by atoms with E-state index >= 15 is 0 Å². The molecule has 0 aliphatic rings. The SMILES string of the molecule is NC(=NCc1ccco1)SCc1cccc2ccccc12.[Cl-]. The third-order valence-electron chi connectivity index (χ3n) is 3.23. The lowest BCUT2D eigenvalue weighted by Gasteiger charge is -2.06. The standard InChI is InChI=1S/C17H16N2OS.ClH/c18-17(19-11-15-8-4-10-20-15)21-12-14-7-3-6-13-5-1-2-9-16(13)14;/h1-10H,11-12H2,(H2,18,19);1H/p-1. The summed E-state index contributed by atoms with van der Waals surface area (Å²) in [5, 5.41) is 3.10. The molecule has 1 aromatic heterocycles. The number of benzene rings is 2. The van der Waals surface area contributed by atoms with E-state index in [0.29, 0.717) is 11.7 Å². The fourth-order valence-corrected chi connectivity index (χ4v) is 2.89. The maximum Gasteiger partial charge on any atom is 0.154 e. The van der Waals surface area contributed by atoms with Gasteiger partial charge in [-0.25, -0.2) is 0 Å². The van der Waals surface area contributed by atoms with Crippen LogP contribution in [0.4, 0.5) is 0 Å². The van der Waals surface area contributed by atoms with Crippen LogP contribution in [0.3, 0.4) is 0 Å². The van der Waals surface area contributed by atoms with Crippen molar-refractivity contribution in [3.63, 3.8) is 0 Å². The summed E-state index contributed by atoms with van der Waals surface area (Å²) in [5.41, 5.74) is 7.23. The van der Waals surface area contributed by atoms with Crippen LogP contribution in [0.5, 0.6) is 0 Å². The second-order valence-corrected chi connectivity index (χ2v) is 5.66. The van der Waals surface area contributed by atoms with E-state index < -0.39 is 0 Å². The molecule has 1 heterocycles. The molecular weight excluding hydrogens is 316 g/mol. The first-order chi connectivity index (χ1) is 10.3. The van der Waals surface area contributed by atoms with Gasteiger partial charge in [-0.2, -0.15) is 0 Å². The molecule has 0 radical (unpaired) electrons. The zero-order valence-electron chi connectivity index (χ0n) is 11.9. The molecule has 114 valence electrons. The number of furan rings is 1. The molecule has 22 heavy (non-hydrogen) atoms. The molecule has 0 saturated carbocycles. The van der Waals surface area contributed by atoms with Crippen LogP contribution in [0.25, 0.3) is 10.8 Å². The van der Waals surface area contributed by atoms with Gasteiger partial charge in [0.1, 0.15) is 5.76 Å². The van der Waals surface area contributed by atoms with Crippen molar-refractivity contribution < 1.29 is 16.8 Å². The fraction of sp³-hybridized carbons (Fsp3) is 0.118. The molecule has 0 aliphatic heterocycles. The van der Waals surface area contributed by atoms with Gasteiger partial charge in [0, 0.05) is 5.75 Å². The van der Waals surface area contributed by atoms with Gasteiger partial charge in [-0.05, 0) is 28.5 Å². The molecule has 0 amide bonds. The van der Waals surface area contributed by atoms with Gasteiger partial charge >= 0.3 is 0 Å². The fourth-order valence-electron chi connectivity index (χ4n) is 2.17. The summed E-state index contributed by atoms with van der Waals surface area (Å²) in [6.45, 7) is 0.487. The molecule has 0 atom stereocenters. The minimum Gasteiger partial charge on any atom is -1.00 e. The lowest BCUT2D eigenvalue weighted by atomic mass is 10.1. The number of rotatable bonds is 4. The van der Waals surface area contributed by atoms with Gasteiger partial charge in [0.15, 0.2) is 5.17 Å². The molecule has 5 heteroatoms. The Hall–Kier alpha value is -1.91. The number of hydrogen-bond donors (Lipinski definition) is 1. The highest BCUT2D eigenvalue weighted by atomic mass is 35.5. The van der Waals surface area contributed by atoms with Crippen molar-refractivity contribution in [3.8, 4) is 0 Å². The Morgan fingerprint density at radius 1 is 1.05 bits per heavy atom. The van der Waals surface area contributed by atoms with E-state index in [1.54, 1.807) is 18.0 Å². The molecule has 0 spiro atoms. The molecule has 0 aliphatic carbocycles. The van der Waals surface area contributed by atoms with Crippen LogP contribution >= 0.6 is 11.8 Å². The van der Waals surface area contributed by atoms with Crippen molar-refractivity contribution in [1.29, 1.82) is 0 Å². The first-order valence-electron chi connectivity index (χ1n) is 6.74. The van der Waals surface area contributed by atoms with Crippen molar-refractivity contribution in [1.82, 2.24) is 0 Å². The Balaban J connectivity index is 0.00000176. The van der Waals surface area contributed by atoms with Crippen LogP contribution in [0.15, 0.2) is 70.3 Å². The zero-order valence-corrected chi connectivity index (χ0v) is 13.5. The van der Waals surface area contributed by atoms with Gasteiger partial charge in [-0.1, -0.05) is 54.2 Å². The van der Waals surface area contributed by atoms with Gasteiger partial charge in [0.2, 0.25) is 0 Å². The lowest BCUT2D eigenvalue weighted by molar-refractivity contribution is -0.00000470. The number of aliphatic imine (C=N–C) groups is 1. The summed E-state index contributed by atoms with van der Waals surface area (Å²) in [4.78, 5) is 4.33. The molecule has 0 bridgehead atoms. The topological polar surface area (TPSA) is 51.5 Å². The van der Waals surface area contributed by atoms with Crippen LogP contribution < -0.4 is 18.1 Å². The van der Waals surface area contributed by atoms with Crippen molar-refractivity contribution in [2.24, 2.45) is 10.7 Å². The van der Waals surface area contributed by atoms with Crippen molar-refractivity contribution >= 4 is 27.7 Å². The number of amidine groups is 1. The quantitative estimate of drug-likeness (QED) is 0.577. The summed E-state index contributed by atoms with van der Waals surface area (Å²) in [6, 6.07) is 18.5. The molecule has 0 unspecified atom stereocenters. The maximum atomic E-state index is 5.95. The highest BCUT2D eigenvalue weighted by molar-refractivity contribution is 8.13. The van der Waals surface area contributed by atoms with E-state index in [-0.39, 0.29) is 12.4 Å². The van der Waals surface area contributed by atoms with Crippen molar-refractivity contribution in [2.45, 2.75) is 12.3 Å². The first-order valence-corrected chi connectivity index (χ1v) is 7.73. The molecule has 3 nitrogen and oxygen atoms in total. The highest BCUT2D eigenvalue weighted by Gasteiger charge is 2.02. The predicted molar refractivity (Wildman–Crippen MR) is 89.3 cm³/mol. The average Bonchev–Trinajstić information content (AvgIpc) is 3.04. The van der Waals surface area contributed by atoms with Crippen LogP contribution in [0.1, 0.15) is 11.3 Å². The number of thioether (sulfide) groups is 1. The Morgan fingerprint density at radius 2 is 1.86 bits per heavy atom. The van der Waals surface area contributed by atoms with Gasteiger partial charge < -0.3 is 22.6 Å².